The van der Waals surface area contributed by atoms with Crippen LogP contribution in [-0.2, 0) is 4.79 Å². The molecule has 1 atom stereocenters. The summed E-state index contributed by atoms with van der Waals surface area (Å²) < 4.78 is 18.7. The van der Waals surface area contributed by atoms with Crippen LogP contribution in [0.25, 0.3) is 0 Å². The topological polar surface area (TPSA) is 38.3 Å². The van der Waals surface area contributed by atoms with Crippen LogP contribution in [0.5, 0.6) is 5.75 Å². The first-order valence-corrected chi connectivity index (χ1v) is 7.78. The summed E-state index contributed by atoms with van der Waals surface area (Å²) in [6.45, 7) is 4.01. The second-order valence-electron chi connectivity index (χ2n) is 5.88. The quantitative estimate of drug-likeness (QED) is 0.835. The molecule has 0 saturated heterocycles. The summed E-state index contributed by atoms with van der Waals surface area (Å²) in [7, 11) is 0. The van der Waals surface area contributed by atoms with E-state index < -0.39 is 5.82 Å². The molecule has 0 bridgehead atoms. The van der Waals surface area contributed by atoms with E-state index in [-0.39, 0.29) is 24.3 Å². The number of hydrogen-bond acceptors (Lipinski definition) is 2. The molecule has 0 saturated carbocycles. The van der Waals surface area contributed by atoms with Crippen LogP contribution in [0.2, 0.25) is 0 Å². The molecule has 0 unspecified atom stereocenters. The van der Waals surface area contributed by atoms with Crippen molar-refractivity contribution in [1.82, 2.24) is 5.32 Å². The first kappa shape index (κ1) is 17.0. The van der Waals surface area contributed by atoms with Crippen molar-refractivity contribution >= 4 is 5.91 Å². The fourth-order valence-corrected chi connectivity index (χ4v) is 2.38. The molecular formula is C19H22FNO2. The van der Waals surface area contributed by atoms with Crippen molar-refractivity contribution in [3.05, 3.63) is 66.0 Å². The summed E-state index contributed by atoms with van der Waals surface area (Å²) in [4.78, 5) is 12.1. The predicted octanol–water partition coefficient (Wildman–Crippen LogP) is 4.11. The Labute approximate surface area is 136 Å². The highest BCUT2D eigenvalue weighted by Gasteiger charge is 2.16. The van der Waals surface area contributed by atoms with Gasteiger partial charge in [0.1, 0.15) is 0 Å². The van der Waals surface area contributed by atoms with Gasteiger partial charge in [-0.1, -0.05) is 56.3 Å². The lowest BCUT2D eigenvalue weighted by atomic mass is 9.97. The highest BCUT2D eigenvalue weighted by molar-refractivity contribution is 5.78. The van der Waals surface area contributed by atoms with Gasteiger partial charge in [-0.2, -0.15) is 0 Å². The Morgan fingerprint density at radius 3 is 2.39 bits per heavy atom. The Bertz CT molecular complexity index is 628. The van der Waals surface area contributed by atoms with E-state index in [0.29, 0.717) is 5.92 Å². The molecule has 3 nitrogen and oxygen atoms in total. The maximum Gasteiger partial charge on any atom is 0.258 e. The van der Waals surface area contributed by atoms with Crippen molar-refractivity contribution in [3.63, 3.8) is 0 Å². The Hall–Kier alpha value is -2.36. The molecular weight excluding hydrogens is 293 g/mol. The van der Waals surface area contributed by atoms with E-state index in [2.05, 4.69) is 19.2 Å². The minimum absolute atomic E-state index is 0.0760. The average Bonchev–Trinajstić information content (AvgIpc) is 2.54. The molecule has 1 amide bonds. The zero-order valence-electron chi connectivity index (χ0n) is 13.5. The summed E-state index contributed by atoms with van der Waals surface area (Å²) >= 11 is 0. The molecule has 0 aliphatic carbocycles. The van der Waals surface area contributed by atoms with E-state index in [9.17, 15) is 9.18 Å². The first-order valence-electron chi connectivity index (χ1n) is 7.78. The van der Waals surface area contributed by atoms with Gasteiger partial charge in [-0.05, 0) is 30.0 Å². The van der Waals surface area contributed by atoms with Crippen molar-refractivity contribution < 1.29 is 13.9 Å². The Morgan fingerprint density at radius 2 is 1.74 bits per heavy atom. The molecule has 4 heteroatoms. The Morgan fingerprint density at radius 1 is 1.09 bits per heavy atom. The average molecular weight is 315 g/mol. The molecule has 0 aliphatic heterocycles. The van der Waals surface area contributed by atoms with E-state index in [4.69, 9.17) is 4.74 Å². The van der Waals surface area contributed by atoms with Gasteiger partial charge in [-0.15, -0.1) is 0 Å². The zero-order chi connectivity index (χ0) is 16.7. The third-order valence-corrected chi connectivity index (χ3v) is 3.44. The molecule has 1 N–H and O–H groups in total. The lowest BCUT2D eigenvalue weighted by Gasteiger charge is -2.21. The minimum atomic E-state index is -0.470. The van der Waals surface area contributed by atoms with Crippen molar-refractivity contribution in [2.24, 2.45) is 5.92 Å². The van der Waals surface area contributed by atoms with Crippen LogP contribution in [0.4, 0.5) is 4.39 Å². The predicted molar refractivity (Wildman–Crippen MR) is 88.7 cm³/mol. The summed E-state index contributed by atoms with van der Waals surface area (Å²) in [5, 5.41) is 2.97. The molecule has 0 aromatic heterocycles. The van der Waals surface area contributed by atoms with Crippen LogP contribution >= 0.6 is 0 Å². The van der Waals surface area contributed by atoms with Gasteiger partial charge in [-0.25, -0.2) is 4.39 Å². The second kappa shape index (κ2) is 8.32. The van der Waals surface area contributed by atoms with E-state index in [1.165, 1.54) is 12.1 Å². The molecule has 0 spiro atoms. The number of para-hydroxylation sites is 1. The fourth-order valence-electron chi connectivity index (χ4n) is 2.38. The number of carbonyl (C=O) groups is 1. The lowest BCUT2D eigenvalue weighted by Crippen LogP contribution is -2.33. The van der Waals surface area contributed by atoms with Crippen molar-refractivity contribution in [2.75, 3.05) is 6.61 Å². The smallest absolute Gasteiger partial charge is 0.258 e. The van der Waals surface area contributed by atoms with E-state index in [1.807, 2.05) is 30.3 Å². The number of nitrogens with one attached hydrogen (secondary N) is 1. The summed E-state index contributed by atoms with van der Waals surface area (Å²) in [5.41, 5.74) is 1.06. The third-order valence-electron chi connectivity index (χ3n) is 3.44. The summed E-state index contributed by atoms with van der Waals surface area (Å²) in [5.74, 6) is -0.208. The summed E-state index contributed by atoms with van der Waals surface area (Å²) in [6.07, 6.45) is 0.829. The highest BCUT2D eigenvalue weighted by atomic mass is 19.1. The fraction of sp³-hybridized carbons (Fsp3) is 0.316. The molecule has 0 radical (unpaired) electrons. The maximum atomic E-state index is 13.5. The monoisotopic (exact) mass is 315 g/mol. The standard InChI is InChI=1S/C19H22FNO2/c1-14(2)12-17(15-8-4-3-5-9-15)21-19(22)13-23-18-11-7-6-10-16(18)20/h3-11,14,17H,12-13H2,1-2H3,(H,21,22)/t17-/m0/s1. The molecule has 0 fully saturated rings. The van der Waals surface area contributed by atoms with Gasteiger partial charge in [0.25, 0.3) is 5.91 Å². The largest absolute Gasteiger partial charge is 0.481 e. The van der Waals surface area contributed by atoms with Gasteiger partial charge in [0, 0.05) is 0 Å². The van der Waals surface area contributed by atoms with E-state index >= 15 is 0 Å². The number of hydrogen-bond donors (Lipinski definition) is 1. The van der Waals surface area contributed by atoms with Gasteiger partial charge in [0.15, 0.2) is 18.2 Å². The number of carbonyl (C=O) groups excluding carboxylic acids is 1. The van der Waals surface area contributed by atoms with Crippen molar-refractivity contribution in [2.45, 2.75) is 26.3 Å². The number of halogens is 1. The Balaban J connectivity index is 1.96. The molecule has 122 valence electrons. The Kier molecular flexibility index (Phi) is 6.15. The molecule has 2 rings (SSSR count). The normalized spacial score (nSPS) is 12.0. The second-order valence-corrected chi connectivity index (χ2v) is 5.88. The van der Waals surface area contributed by atoms with Gasteiger partial charge in [0.05, 0.1) is 6.04 Å². The molecule has 2 aromatic carbocycles. The minimum Gasteiger partial charge on any atom is -0.481 e. The van der Waals surface area contributed by atoms with Crippen LogP contribution < -0.4 is 10.1 Å². The SMILES string of the molecule is CC(C)C[C@H](NC(=O)COc1ccccc1F)c1ccccc1. The van der Waals surface area contributed by atoms with Crippen LogP contribution in [0.3, 0.4) is 0 Å². The van der Waals surface area contributed by atoms with E-state index in [0.717, 1.165) is 12.0 Å². The molecule has 0 heterocycles. The lowest BCUT2D eigenvalue weighted by molar-refractivity contribution is -0.124. The van der Waals surface area contributed by atoms with Gasteiger partial charge in [0.2, 0.25) is 0 Å². The van der Waals surface area contributed by atoms with Crippen molar-refractivity contribution in [3.8, 4) is 5.75 Å². The van der Waals surface area contributed by atoms with Gasteiger partial charge in [-0.3, -0.25) is 4.79 Å². The van der Waals surface area contributed by atoms with Crippen LogP contribution in [0, 0.1) is 11.7 Å². The van der Waals surface area contributed by atoms with Crippen LogP contribution in [-0.4, -0.2) is 12.5 Å². The molecule has 2 aromatic rings. The maximum absolute atomic E-state index is 13.5. The number of ether oxygens (including phenoxy) is 1. The zero-order valence-corrected chi connectivity index (χ0v) is 13.5. The van der Waals surface area contributed by atoms with Gasteiger partial charge >= 0.3 is 0 Å². The van der Waals surface area contributed by atoms with Crippen molar-refractivity contribution in [1.29, 1.82) is 0 Å². The number of rotatable bonds is 7. The third kappa shape index (κ3) is 5.40. The van der Waals surface area contributed by atoms with Gasteiger partial charge < -0.3 is 10.1 Å². The summed E-state index contributed by atoms with van der Waals surface area (Å²) in [6, 6.07) is 15.8. The van der Waals surface area contributed by atoms with E-state index in [1.54, 1.807) is 12.1 Å². The molecule has 23 heavy (non-hydrogen) atoms. The number of amides is 1. The number of benzene rings is 2. The van der Waals surface area contributed by atoms with Crippen LogP contribution in [0.15, 0.2) is 54.6 Å². The highest BCUT2D eigenvalue weighted by Crippen LogP contribution is 2.21. The van der Waals surface area contributed by atoms with Crippen LogP contribution in [0.1, 0.15) is 31.9 Å². The molecule has 0 aliphatic rings. The first-order chi connectivity index (χ1) is 11.1.